The molecule has 3 aliphatic heterocycles. The molecule has 156 valence electrons. The van der Waals surface area contributed by atoms with E-state index >= 15 is 0 Å². The summed E-state index contributed by atoms with van der Waals surface area (Å²) in [5.41, 5.74) is 5.28. The summed E-state index contributed by atoms with van der Waals surface area (Å²) in [7, 11) is 0. The van der Waals surface area contributed by atoms with Gasteiger partial charge in [0.1, 0.15) is 0 Å². The van der Waals surface area contributed by atoms with Gasteiger partial charge in [0.05, 0.1) is 36.1 Å². The predicted octanol–water partition coefficient (Wildman–Crippen LogP) is 2.08. The number of amides is 1. The van der Waals surface area contributed by atoms with Gasteiger partial charge in [-0.2, -0.15) is 0 Å². The lowest BCUT2D eigenvalue weighted by Crippen LogP contribution is -2.56. The molecule has 1 amide bonds. The van der Waals surface area contributed by atoms with Crippen molar-refractivity contribution in [2.75, 3.05) is 19.7 Å². The molecule has 0 aromatic heterocycles. The van der Waals surface area contributed by atoms with E-state index in [1.807, 2.05) is 32.6 Å². The van der Waals surface area contributed by atoms with Gasteiger partial charge < -0.3 is 25.2 Å². The fourth-order valence-corrected chi connectivity index (χ4v) is 4.94. The SMILES string of the molecule is CC(C)[C@H](N)C(=O)N1CCC2(CC1)CO[C@@H]([C@@]1(C)CC[C@H](O)C(C)(C)O1)C2. The van der Waals surface area contributed by atoms with Gasteiger partial charge in [0.15, 0.2) is 0 Å². The van der Waals surface area contributed by atoms with Crippen molar-refractivity contribution in [1.29, 1.82) is 0 Å². The van der Waals surface area contributed by atoms with Crippen molar-refractivity contribution in [3.8, 4) is 0 Å². The minimum absolute atomic E-state index is 0.0458. The number of hydrogen-bond acceptors (Lipinski definition) is 5. The van der Waals surface area contributed by atoms with E-state index in [2.05, 4.69) is 6.92 Å². The fourth-order valence-electron chi connectivity index (χ4n) is 4.94. The van der Waals surface area contributed by atoms with E-state index in [9.17, 15) is 9.90 Å². The van der Waals surface area contributed by atoms with E-state index in [0.717, 1.165) is 51.8 Å². The van der Waals surface area contributed by atoms with E-state index in [-0.39, 0.29) is 28.9 Å². The average molecular weight is 383 g/mol. The second-order valence-electron chi connectivity index (χ2n) is 10.2. The van der Waals surface area contributed by atoms with Crippen LogP contribution in [0.4, 0.5) is 0 Å². The lowest BCUT2D eigenvalue weighted by molar-refractivity contribution is -0.245. The Morgan fingerprint density at radius 1 is 1.19 bits per heavy atom. The molecule has 3 saturated heterocycles. The number of nitrogens with two attached hydrogens (primary N) is 1. The number of nitrogens with zero attached hydrogens (tertiary/aromatic N) is 1. The summed E-state index contributed by atoms with van der Waals surface area (Å²) >= 11 is 0. The van der Waals surface area contributed by atoms with Gasteiger partial charge >= 0.3 is 0 Å². The summed E-state index contributed by atoms with van der Waals surface area (Å²) < 4.78 is 12.6. The standard InChI is InChI=1S/C21H38N2O4/c1-14(2)17(22)18(25)23-10-8-21(9-11-23)12-16(26-13-21)20(5)7-6-15(24)19(3,4)27-20/h14-17,24H,6-13,22H2,1-5H3/t15-,16+,17-,20+/m0/s1. The van der Waals surface area contributed by atoms with Crippen LogP contribution >= 0.6 is 0 Å². The molecule has 1 spiro atoms. The van der Waals surface area contributed by atoms with Gasteiger partial charge in [0.25, 0.3) is 0 Å². The number of rotatable bonds is 3. The average Bonchev–Trinajstić information content (AvgIpc) is 3.02. The first-order valence-electron chi connectivity index (χ1n) is 10.5. The molecule has 0 radical (unpaired) electrons. The van der Waals surface area contributed by atoms with Crippen LogP contribution in [-0.2, 0) is 14.3 Å². The Hall–Kier alpha value is -0.690. The van der Waals surface area contributed by atoms with Crippen molar-refractivity contribution in [2.45, 2.75) is 96.2 Å². The first-order chi connectivity index (χ1) is 12.5. The van der Waals surface area contributed by atoms with Crippen LogP contribution in [0.15, 0.2) is 0 Å². The molecular formula is C21H38N2O4. The largest absolute Gasteiger partial charge is 0.390 e. The number of carbonyl (C=O) groups excluding carboxylic acids is 1. The lowest BCUT2D eigenvalue weighted by Gasteiger charge is -2.49. The van der Waals surface area contributed by atoms with Crippen molar-refractivity contribution in [1.82, 2.24) is 4.90 Å². The van der Waals surface area contributed by atoms with Crippen LogP contribution in [0.1, 0.15) is 66.7 Å². The number of piperidine rings is 1. The predicted molar refractivity (Wildman–Crippen MR) is 104 cm³/mol. The molecule has 0 bridgehead atoms. The van der Waals surface area contributed by atoms with E-state index in [1.165, 1.54) is 0 Å². The highest BCUT2D eigenvalue weighted by molar-refractivity contribution is 5.82. The molecule has 3 fully saturated rings. The molecule has 3 rings (SSSR count). The van der Waals surface area contributed by atoms with Crippen molar-refractivity contribution in [2.24, 2.45) is 17.1 Å². The van der Waals surface area contributed by atoms with Crippen LogP contribution in [0.5, 0.6) is 0 Å². The van der Waals surface area contributed by atoms with Gasteiger partial charge in [-0.15, -0.1) is 0 Å². The first-order valence-corrected chi connectivity index (χ1v) is 10.5. The van der Waals surface area contributed by atoms with Gasteiger partial charge in [-0.05, 0) is 64.2 Å². The molecule has 0 aromatic rings. The van der Waals surface area contributed by atoms with Gasteiger partial charge in [-0.25, -0.2) is 0 Å². The van der Waals surface area contributed by atoms with E-state index in [4.69, 9.17) is 15.2 Å². The maximum absolute atomic E-state index is 12.5. The minimum Gasteiger partial charge on any atom is -0.390 e. The number of aliphatic hydroxyl groups excluding tert-OH is 1. The van der Waals surface area contributed by atoms with Gasteiger partial charge in [0, 0.05) is 13.1 Å². The molecule has 3 N–H and O–H groups in total. The van der Waals surface area contributed by atoms with Crippen molar-refractivity contribution in [3.63, 3.8) is 0 Å². The second-order valence-corrected chi connectivity index (χ2v) is 10.2. The molecule has 6 nitrogen and oxygen atoms in total. The molecule has 6 heteroatoms. The van der Waals surface area contributed by atoms with Crippen LogP contribution < -0.4 is 5.73 Å². The summed E-state index contributed by atoms with van der Waals surface area (Å²) in [6.45, 7) is 12.3. The van der Waals surface area contributed by atoms with Crippen LogP contribution in [0.3, 0.4) is 0 Å². The number of ether oxygens (including phenoxy) is 2. The van der Waals surface area contributed by atoms with Gasteiger partial charge in [-0.1, -0.05) is 13.8 Å². The maximum Gasteiger partial charge on any atom is 0.239 e. The lowest BCUT2D eigenvalue weighted by atomic mass is 9.73. The highest BCUT2D eigenvalue weighted by Crippen LogP contribution is 2.49. The van der Waals surface area contributed by atoms with Crippen LogP contribution in [0, 0.1) is 11.3 Å². The van der Waals surface area contributed by atoms with Gasteiger partial charge in [0.2, 0.25) is 5.91 Å². The fraction of sp³-hybridized carbons (Fsp3) is 0.952. The van der Waals surface area contributed by atoms with Crippen molar-refractivity contribution < 1.29 is 19.4 Å². The Kier molecular flexibility index (Phi) is 5.67. The van der Waals surface area contributed by atoms with Crippen LogP contribution in [-0.4, -0.2) is 65.1 Å². The summed E-state index contributed by atoms with van der Waals surface area (Å²) in [6.07, 6.45) is 4.06. The third-order valence-electron chi connectivity index (χ3n) is 7.24. The summed E-state index contributed by atoms with van der Waals surface area (Å²) in [6, 6.07) is -0.408. The summed E-state index contributed by atoms with van der Waals surface area (Å²) in [5, 5.41) is 10.2. The van der Waals surface area contributed by atoms with Crippen LogP contribution in [0.25, 0.3) is 0 Å². The monoisotopic (exact) mass is 382 g/mol. The highest BCUT2D eigenvalue weighted by Gasteiger charge is 2.53. The third kappa shape index (κ3) is 4.04. The first kappa shape index (κ1) is 21.0. The van der Waals surface area contributed by atoms with E-state index < -0.39 is 17.7 Å². The smallest absolute Gasteiger partial charge is 0.239 e. The topological polar surface area (TPSA) is 85.0 Å². The van der Waals surface area contributed by atoms with Crippen molar-refractivity contribution in [3.05, 3.63) is 0 Å². The van der Waals surface area contributed by atoms with Crippen molar-refractivity contribution >= 4 is 5.91 Å². The Morgan fingerprint density at radius 3 is 2.37 bits per heavy atom. The molecule has 4 atom stereocenters. The Bertz CT molecular complexity index is 556. The molecule has 3 aliphatic rings. The molecule has 0 unspecified atom stereocenters. The number of likely N-dealkylation sites (tertiary alicyclic amines) is 1. The molecule has 27 heavy (non-hydrogen) atoms. The molecular weight excluding hydrogens is 344 g/mol. The Balaban J connectivity index is 1.59. The Morgan fingerprint density at radius 2 is 1.81 bits per heavy atom. The third-order valence-corrected chi connectivity index (χ3v) is 7.24. The molecule has 0 aliphatic carbocycles. The normalized spacial score (nSPS) is 37.0. The van der Waals surface area contributed by atoms with E-state index in [0.29, 0.717) is 0 Å². The Labute approximate surface area is 163 Å². The number of hydrogen-bond donors (Lipinski definition) is 2. The second kappa shape index (κ2) is 7.29. The van der Waals surface area contributed by atoms with Crippen LogP contribution in [0.2, 0.25) is 0 Å². The number of carbonyl (C=O) groups is 1. The zero-order valence-corrected chi connectivity index (χ0v) is 17.7. The minimum atomic E-state index is -0.547. The van der Waals surface area contributed by atoms with E-state index in [1.54, 1.807) is 0 Å². The molecule has 0 saturated carbocycles. The van der Waals surface area contributed by atoms with Gasteiger partial charge in [-0.3, -0.25) is 4.79 Å². The zero-order chi connectivity index (χ0) is 20.0. The zero-order valence-electron chi connectivity index (χ0n) is 17.7. The highest BCUT2D eigenvalue weighted by atomic mass is 16.6. The maximum atomic E-state index is 12.5. The summed E-state index contributed by atoms with van der Waals surface area (Å²) in [4.78, 5) is 14.5. The number of aliphatic hydroxyl groups is 1. The molecule has 3 heterocycles. The molecule has 0 aromatic carbocycles. The quantitative estimate of drug-likeness (QED) is 0.781. The summed E-state index contributed by atoms with van der Waals surface area (Å²) in [5.74, 6) is 0.239.